The number of oxazole rings is 1. The number of halogens is 1. The highest BCUT2D eigenvalue weighted by molar-refractivity contribution is 7.99. The van der Waals surface area contributed by atoms with Crippen molar-refractivity contribution in [2.45, 2.75) is 5.22 Å². The van der Waals surface area contributed by atoms with Gasteiger partial charge >= 0.3 is 0 Å². The van der Waals surface area contributed by atoms with Crippen molar-refractivity contribution >= 4 is 62.5 Å². The van der Waals surface area contributed by atoms with Crippen molar-refractivity contribution in [3.8, 4) is 11.3 Å². The van der Waals surface area contributed by atoms with Crippen LogP contribution in [0.4, 0.5) is 10.8 Å². The van der Waals surface area contributed by atoms with Crippen molar-refractivity contribution in [1.29, 1.82) is 0 Å². The van der Waals surface area contributed by atoms with Crippen molar-refractivity contribution in [1.82, 2.24) is 9.97 Å². The minimum atomic E-state index is -0.462. The Hall–Kier alpha value is -2.95. The molecular formula is C18H11ClN4O4S2. The van der Waals surface area contributed by atoms with Crippen LogP contribution in [0.3, 0.4) is 0 Å². The maximum Gasteiger partial charge on any atom is 0.270 e. The predicted octanol–water partition coefficient (Wildman–Crippen LogP) is 5.24. The average molecular weight is 447 g/mol. The molecule has 0 aliphatic rings. The van der Waals surface area contributed by atoms with Crippen LogP contribution in [-0.4, -0.2) is 26.6 Å². The monoisotopic (exact) mass is 446 g/mol. The van der Waals surface area contributed by atoms with Gasteiger partial charge in [-0.3, -0.25) is 14.9 Å². The van der Waals surface area contributed by atoms with E-state index in [1.54, 1.807) is 35.7 Å². The van der Waals surface area contributed by atoms with Gasteiger partial charge in [-0.15, -0.1) is 11.3 Å². The van der Waals surface area contributed by atoms with Crippen LogP contribution in [0.5, 0.6) is 0 Å². The SMILES string of the molecule is O=C(CSc1nc2cc(Cl)ccc2o1)Nc1nc(-c2cccc([N+](=O)[O-])c2)cs1. The van der Waals surface area contributed by atoms with Gasteiger partial charge in [0.15, 0.2) is 10.7 Å². The average Bonchev–Trinajstić information content (AvgIpc) is 3.32. The molecule has 0 atom stereocenters. The van der Waals surface area contributed by atoms with Crippen LogP contribution in [0.15, 0.2) is 57.5 Å². The summed E-state index contributed by atoms with van der Waals surface area (Å²) in [5.41, 5.74) is 2.37. The molecule has 1 N–H and O–H groups in total. The number of carbonyl (C=O) groups is 1. The zero-order valence-corrected chi connectivity index (χ0v) is 16.9. The number of nitrogens with zero attached hydrogens (tertiary/aromatic N) is 3. The summed E-state index contributed by atoms with van der Waals surface area (Å²) in [7, 11) is 0. The topological polar surface area (TPSA) is 111 Å². The van der Waals surface area contributed by atoms with Crippen LogP contribution >= 0.6 is 34.7 Å². The highest BCUT2D eigenvalue weighted by atomic mass is 35.5. The number of amides is 1. The van der Waals surface area contributed by atoms with E-state index in [-0.39, 0.29) is 17.3 Å². The number of nitrogens with one attached hydrogen (secondary N) is 1. The van der Waals surface area contributed by atoms with Crippen LogP contribution in [0, 0.1) is 10.1 Å². The highest BCUT2D eigenvalue weighted by Crippen LogP contribution is 2.28. The lowest BCUT2D eigenvalue weighted by Crippen LogP contribution is -2.13. The Kier molecular flexibility index (Phi) is 5.47. The van der Waals surface area contributed by atoms with Gasteiger partial charge in [0.25, 0.3) is 10.9 Å². The van der Waals surface area contributed by atoms with Gasteiger partial charge < -0.3 is 9.73 Å². The van der Waals surface area contributed by atoms with E-state index in [0.717, 1.165) is 11.8 Å². The van der Waals surface area contributed by atoms with E-state index in [1.807, 2.05) is 0 Å². The molecule has 4 aromatic rings. The number of non-ortho nitro benzene ring substituents is 1. The molecule has 1 amide bonds. The zero-order valence-electron chi connectivity index (χ0n) is 14.5. The summed E-state index contributed by atoms with van der Waals surface area (Å²) in [5.74, 6) is -0.179. The lowest BCUT2D eigenvalue weighted by atomic mass is 10.1. The molecule has 0 saturated heterocycles. The maximum atomic E-state index is 12.2. The molecule has 2 heterocycles. The fraction of sp³-hybridized carbons (Fsp3) is 0.0556. The molecule has 0 saturated carbocycles. The third-order valence-corrected chi connectivity index (χ3v) is 5.58. The molecule has 2 aromatic carbocycles. The number of thiazole rings is 1. The van der Waals surface area contributed by atoms with Gasteiger partial charge in [-0.2, -0.15) is 0 Å². The van der Waals surface area contributed by atoms with Crippen molar-refractivity contribution in [2.24, 2.45) is 0 Å². The Balaban J connectivity index is 1.38. The number of nitro benzene ring substituents is 1. The molecule has 0 aliphatic carbocycles. The van der Waals surface area contributed by atoms with E-state index in [9.17, 15) is 14.9 Å². The van der Waals surface area contributed by atoms with E-state index in [0.29, 0.717) is 37.7 Å². The Bertz CT molecular complexity index is 1220. The molecule has 2 aromatic heterocycles. The molecule has 8 nitrogen and oxygen atoms in total. The molecular weight excluding hydrogens is 436 g/mol. The fourth-order valence-corrected chi connectivity index (χ4v) is 4.01. The molecule has 0 spiro atoms. The number of hydrogen-bond donors (Lipinski definition) is 1. The minimum absolute atomic E-state index is 0.0166. The number of nitro groups is 1. The number of carbonyl (C=O) groups excluding carboxylic acids is 1. The molecule has 0 radical (unpaired) electrons. The van der Waals surface area contributed by atoms with Gasteiger partial charge in [-0.05, 0) is 18.2 Å². The standard InChI is InChI=1S/C18H11ClN4O4S2/c19-11-4-5-15-13(7-11)21-18(27-15)29-9-16(24)22-17-20-14(8-28-17)10-2-1-3-12(6-10)23(25)26/h1-8H,9H2,(H,20,22,24). The second-order valence-electron chi connectivity index (χ2n) is 5.77. The molecule has 11 heteroatoms. The number of thioether (sulfide) groups is 1. The van der Waals surface area contributed by atoms with Crippen molar-refractivity contribution in [3.05, 3.63) is 63.0 Å². The lowest BCUT2D eigenvalue weighted by molar-refractivity contribution is -0.384. The van der Waals surface area contributed by atoms with Crippen LogP contribution in [-0.2, 0) is 4.79 Å². The first-order valence-corrected chi connectivity index (χ1v) is 10.4. The Labute approximate surface area is 177 Å². The van der Waals surface area contributed by atoms with E-state index < -0.39 is 4.92 Å². The van der Waals surface area contributed by atoms with Crippen LogP contribution in [0.1, 0.15) is 0 Å². The fourth-order valence-electron chi connectivity index (χ4n) is 2.47. The summed E-state index contributed by atoms with van der Waals surface area (Å²) >= 11 is 8.32. The number of fused-ring (bicyclic) bond motifs is 1. The molecule has 4 rings (SSSR count). The quantitative estimate of drug-likeness (QED) is 0.245. The van der Waals surface area contributed by atoms with Gasteiger partial charge in [0.05, 0.1) is 16.4 Å². The van der Waals surface area contributed by atoms with Crippen molar-refractivity contribution in [3.63, 3.8) is 0 Å². The first-order chi connectivity index (χ1) is 14.0. The number of rotatable bonds is 6. The normalized spacial score (nSPS) is 10.9. The molecule has 29 heavy (non-hydrogen) atoms. The third-order valence-electron chi connectivity index (χ3n) is 3.76. The van der Waals surface area contributed by atoms with E-state index in [4.69, 9.17) is 16.0 Å². The molecule has 0 unspecified atom stereocenters. The van der Waals surface area contributed by atoms with Gasteiger partial charge in [0.1, 0.15) is 5.52 Å². The maximum absolute atomic E-state index is 12.2. The number of anilines is 1. The van der Waals surface area contributed by atoms with Crippen LogP contribution < -0.4 is 5.32 Å². The van der Waals surface area contributed by atoms with Crippen LogP contribution in [0.25, 0.3) is 22.4 Å². The second kappa shape index (κ2) is 8.19. The molecule has 146 valence electrons. The second-order valence-corrected chi connectivity index (χ2v) is 8.00. The summed E-state index contributed by atoms with van der Waals surface area (Å²) in [4.78, 5) is 31.2. The van der Waals surface area contributed by atoms with Crippen molar-refractivity contribution in [2.75, 3.05) is 11.1 Å². The lowest BCUT2D eigenvalue weighted by Gasteiger charge is -2.00. The van der Waals surface area contributed by atoms with Gasteiger partial charge in [-0.1, -0.05) is 35.5 Å². The Morgan fingerprint density at radius 3 is 2.97 bits per heavy atom. The van der Waals surface area contributed by atoms with Gasteiger partial charge in [0, 0.05) is 28.1 Å². The Morgan fingerprint density at radius 1 is 1.28 bits per heavy atom. The number of benzene rings is 2. The van der Waals surface area contributed by atoms with Crippen LogP contribution in [0.2, 0.25) is 5.02 Å². The highest BCUT2D eigenvalue weighted by Gasteiger charge is 2.13. The largest absolute Gasteiger partial charge is 0.431 e. The van der Waals surface area contributed by atoms with E-state index in [2.05, 4.69) is 15.3 Å². The summed E-state index contributed by atoms with van der Waals surface area (Å²) in [6, 6.07) is 11.3. The predicted molar refractivity (Wildman–Crippen MR) is 113 cm³/mol. The summed E-state index contributed by atoms with van der Waals surface area (Å²) in [6.07, 6.45) is 0. The smallest absolute Gasteiger partial charge is 0.270 e. The van der Waals surface area contributed by atoms with Gasteiger partial charge in [-0.25, -0.2) is 9.97 Å². The Morgan fingerprint density at radius 2 is 2.14 bits per heavy atom. The molecule has 0 bridgehead atoms. The molecule has 0 aliphatic heterocycles. The van der Waals surface area contributed by atoms with Crippen molar-refractivity contribution < 1.29 is 14.1 Å². The van der Waals surface area contributed by atoms with Gasteiger partial charge in [0.2, 0.25) is 5.91 Å². The number of aromatic nitrogens is 2. The molecule has 0 fully saturated rings. The summed E-state index contributed by atoms with van der Waals surface area (Å²) in [6.45, 7) is 0. The summed E-state index contributed by atoms with van der Waals surface area (Å²) < 4.78 is 5.56. The van der Waals surface area contributed by atoms with E-state index in [1.165, 1.54) is 23.5 Å². The summed E-state index contributed by atoms with van der Waals surface area (Å²) in [5, 5.41) is 16.7. The minimum Gasteiger partial charge on any atom is -0.431 e. The first kappa shape index (κ1) is 19.4. The van der Waals surface area contributed by atoms with E-state index >= 15 is 0 Å². The zero-order chi connectivity index (χ0) is 20.4. The first-order valence-electron chi connectivity index (χ1n) is 8.17. The third kappa shape index (κ3) is 4.56. The number of hydrogen-bond acceptors (Lipinski definition) is 8.